The topological polar surface area (TPSA) is 76.1 Å². The predicted molar refractivity (Wildman–Crippen MR) is 138 cm³/mol. The summed E-state index contributed by atoms with van der Waals surface area (Å²) in [7, 11) is 1.59. The Morgan fingerprint density at radius 3 is 2.41 bits per heavy atom. The Balaban J connectivity index is 1.74. The smallest absolute Gasteiger partial charge is 0.390 e. The lowest BCUT2D eigenvalue weighted by Gasteiger charge is -2.15. The van der Waals surface area contributed by atoms with E-state index in [-0.39, 0.29) is 16.8 Å². The van der Waals surface area contributed by atoms with Gasteiger partial charge in [0, 0.05) is 35.8 Å². The number of nitrogens with one attached hydrogen (secondary N) is 2. The summed E-state index contributed by atoms with van der Waals surface area (Å²) < 4.78 is 45.0. The van der Waals surface area contributed by atoms with E-state index < -0.39 is 25.0 Å². The van der Waals surface area contributed by atoms with Gasteiger partial charge in [-0.3, -0.25) is 9.59 Å². The maximum Gasteiger partial charge on any atom is 0.390 e. The van der Waals surface area contributed by atoms with Crippen molar-refractivity contribution in [3.8, 4) is 22.6 Å². The lowest BCUT2D eigenvalue weighted by molar-refractivity contribution is -0.133. The van der Waals surface area contributed by atoms with Crippen LogP contribution in [0.4, 0.5) is 13.2 Å². The molecular formula is C27H25ClF3N3O3. The van der Waals surface area contributed by atoms with E-state index in [9.17, 15) is 22.8 Å². The number of aryl methyl sites for hydroxylation is 4. The molecule has 0 atom stereocenters. The standard InChI is InChI=1S/C27H25ClF3N3O3/c1-14-7-17(11-19(8-14)37-24-15(2)9-18(28)10-16(24)3)21-13-34(4)26(36)23-20(21)12-22(33-23)25(35)32-6-5-27(29,30)31/h7-13,33H,5-6H2,1-4H3,(H,32,35). The van der Waals surface area contributed by atoms with E-state index in [2.05, 4.69) is 10.3 Å². The number of halogens is 4. The van der Waals surface area contributed by atoms with E-state index in [1.807, 2.05) is 51.1 Å². The SMILES string of the molecule is Cc1cc(Oc2c(C)cc(Cl)cc2C)cc(-c2cn(C)c(=O)c3[nH]c(C(=O)NCCC(F)(F)F)cc23)c1. The second-order valence-electron chi connectivity index (χ2n) is 9.06. The van der Waals surface area contributed by atoms with E-state index in [4.69, 9.17) is 16.3 Å². The Morgan fingerprint density at radius 1 is 1.08 bits per heavy atom. The van der Waals surface area contributed by atoms with Crippen LogP contribution in [0.2, 0.25) is 5.02 Å². The van der Waals surface area contributed by atoms with Crippen molar-refractivity contribution in [2.75, 3.05) is 6.54 Å². The van der Waals surface area contributed by atoms with E-state index in [1.54, 1.807) is 13.2 Å². The first-order valence-corrected chi connectivity index (χ1v) is 11.8. The van der Waals surface area contributed by atoms with Gasteiger partial charge in [0.25, 0.3) is 11.5 Å². The number of carbonyl (C=O) groups excluding carboxylic acids is 1. The number of H-pyrrole nitrogens is 1. The van der Waals surface area contributed by atoms with Gasteiger partial charge in [-0.2, -0.15) is 13.2 Å². The summed E-state index contributed by atoms with van der Waals surface area (Å²) in [6, 6.07) is 10.7. The fourth-order valence-corrected chi connectivity index (χ4v) is 4.57. The first-order chi connectivity index (χ1) is 17.3. The number of nitrogens with zero attached hydrogens (tertiary/aromatic N) is 1. The largest absolute Gasteiger partial charge is 0.457 e. The molecule has 0 spiro atoms. The minimum atomic E-state index is -4.38. The monoisotopic (exact) mass is 531 g/mol. The average Bonchev–Trinajstić information content (AvgIpc) is 3.23. The number of carbonyl (C=O) groups is 1. The van der Waals surface area contributed by atoms with Gasteiger partial charge in [-0.1, -0.05) is 17.7 Å². The summed E-state index contributed by atoms with van der Waals surface area (Å²) in [6.07, 6.45) is -3.88. The number of alkyl halides is 3. The Kier molecular flexibility index (Phi) is 7.10. The molecule has 0 aliphatic rings. The first-order valence-electron chi connectivity index (χ1n) is 11.5. The fourth-order valence-electron chi connectivity index (χ4n) is 4.24. The van der Waals surface area contributed by atoms with E-state index in [0.717, 1.165) is 22.3 Å². The summed E-state index contributed by atoms with van der Waals surface area (Å²) in [5.74, 6) is 0.535. The Hall–Kier alpha value is -3.72. The molecule has 0 saturated heterocycles. The van der Waals surface area contributed by atoms with Crippen molar-refractivity contribution in [1.29, 1.82) is 0 Å². The van der Waals surface area contributed by atoms with Gasteiger partial charge in [0.1, 0.15) is 22.7 Å². The van der Waals surface area contributed by atoms with Gasteiger partial charge in [0.05, 0.1) is 6.42 Å². The van der Waals surface area contributed by atoms with E-state index in [0.29, 0.717) is 27.5 Å². The lowest BCUT2D eigenvalue weighted by atomic mass is 10.0. The molecule has 4 aromatic rings. The van der Waals surface area contributed by atoms with Crippen LogP contribution in [0.1, 0.15) is 33.6 Å². The van der Waals surface area contributed by atoms with Crippen molar-refractivity contribution in [2.45, 2.75) is 33.4 Å². The van der Waals surface area contributed by atoms with Gasteiger partial charge >= 0.3 is 6.18 Å². The number of rotatable bonds is 6. The summed E-state index contributed by atoms with van der Waals surface area (Å²) in [4.78, 5) is 28.1. The second-order valence-corrected chi connectivity index (χ2v) is 9.49. The molecular weight excluding hydrogens is 507 g/mol. The number of pyridine rings is 1. The van der Waals surface area contributed by atoms with Crippen molar-refractivity contribution >= 4 is 28.4 Å². The average molecular weight is 532 g/mol. The van der Waals surface area contributed by atoms with Crippen LogP contribution in [0, 0.1) is 20.8 Å². The molecule has 1 amide bonds. The molecule has 0 saturated carbocycles. The number of hydrogen-bond acceptors (Lipinski definition) is 3. The minimum absolute atomic E-state index is 0.00161. The third-order valence-electron chi connectivity index (χ3n) is 5.91. The number of hydrogen-bond donors (Lipinski definition) is 2. The zero-order valence-corrected chi connectivity index (χ0v) is 21.4. The van der Waals surface area contributed by atoms with E-state index >= 15 is 0 Å². The van der Waals surface area contributed by atoms with Crippen LogP contribution in [-0.2, 0) is 7.05 Å². The van der Waals surface area contributed by atoms with Crippen LogP contribution in [0.5, 0.6) is 11.5 Å². The zero-order valence-electron chi connectivity index (χ0n) is 20.6. The number of ether oxygens (including phenoxy) is 1. The zero-order chi connectivity index (χ0) is 27.1. The van der Waals surface area contributed by atoms with Gasteiger partial charge < -0.3 is 19.6 Å². The van der Waals surface area contributed by atoms with E-state index in [1.165, 1.54) is 10.6 Å². The number of aromatic amines is 1. The lowest BCUT2D eigenvalue weighted by Crippen LogP contribution is -2.28. The Bertz CT molecular complexity index is 1550. The van der Waals surface area contributed by atoms with Crippen LogP contribution >= 0.6 is 11.6 Å². The van der Waals surface area contributed by atoms with Crippen LogP contribution in [0.25, 0.3) is 22.0 Å². The van der Waals surface area contributed by atoms with Gasteiger partial charge in [-0.15, -0.1) is 0 Å². The van der Waals surface area contributed by atoms with Crippen LogP contribution in [0.15, 0.2) is 47.4 Å². The fraction of sp³-hybridized carbons (Fsp3) is 0.259. The van der Waals surface area contributed by atoms with Gasteiger partial charge in [0.2, 0.25) is 0 Å². The molecule has 2 aromatic carbocycles. The molecule has 2 heterocycles. The molecule has 2 N–H and O–H groups in total. The summed E-state index contributed by atoms with van der Waals surface area (Å²) in [6.45, 7) is 5.16. The maximum absolute atomic E-state index is 12.8. The Labute approximate surface area is 216 Å². The van der Waals surface area contributed by atoms with Gasteiger partial charge in [0.15, 0.2) is 0 Å². The molecule has 6 nitrogen and oxygen atoms in total. The molecule has 0 unspecified atom stereocenters. The summed E-state index contributed by atoms with van der Waals surface area (Å²) in [5.41, 5.74) is 3.86. The normalized spacial score (nSPS) is 11.7. The molecule has 0 aliphatic heterocycles. The number of aromatic nitrogens is 2. The second kappa shape index (κ2) is 9.97. The third-order valence-corrected chi connectivity index (χ3v) is 6.13. The van der Waals surface area contributed by atoms with Gasteiger partial charge in [-0.25, -0.2) is 0 Å². The highest BCUT2D eigenvalue weighted by molar-refractivity contribution is 6.30. The molecule has 0 radical (unpaired) electrons. The highest BCUT2D eigenvalue weighted by atomic mass is 35.5. The number of fused-ring (bicyclic) bond motifs is 1. The molecule has 2 aromatic heterocycles. The molecule has 0 aliphatic carbocycles. The maximum atomic E-state index is 12.8. The summed E-state index contributed by atoms with van der Waals surface area (Å²) in [5, 5.41) is 3.33. The van der Waals surface area contributed by atoms with Crippen molar-refractivity contribution in [3.63, 3.8) is 0 Å². The molecule has 10 heteroatoms. The minimum Gasteiger partial charge on any atom is -0.457 e. The van der Waals surface area contributed by atoms with Crippen LogP contribution in [-0.4, -0.2) is 28.2 Å². The highest BCUT2D eigenvalue weighted by Gasteiger charge is 2.27. The van der Waals surface area contributed by atoms with Crippen molar-refractivity contribution in [2.24, 2.45) is 7.05 Å². The summed E-state index contributed by atoms with van der Waals surface area (Å²) >= 11 is 6.15. The van der Waals surface area contributed by atoms with Crippen molar-refractivity contribution < 1.29 is 22.7 Å². The molecule has 0 bridgehead atoms. The molecule has 37 heavy (non-hydrogen) atoms. The molecule has 0 fully saturated rings. The van der Waals surface area contributed by atoms with Crippen molar-refractivity contribution in [3.05, 3.63) is 80.4 Å². The quantitative estimate of drug-likeness (QED) is 0.295. The van der Waals surface area contributed by atoms with Crippen LogP contribution in [0.3, 0.4) is 0 Å². The van der Waals surface area contributed by atoms with Gasteiger partial charge in [-0.05, 0) is 73.4 Å². The molecule has 194 valence electrons. The first kappa shape index (κ1) is 26.3. The van der Waals surface area contributed by atoms with Crippen LogP contribution < -0.4 is 15.6 Å². The Morgan fingerprint density at radius 2 is 1.76 bits per heavy atom. The molecule has 4 rings (SSSR count). The third kappa shape index (κ3) is 5.83. The number of benzene rings is 2. The highest BCUT2D eigenvalue weighted by Crippen LogP contribution is 2.35. The predicted octanol–water partition coefficient (Wildman–Crippen LogP) is 6.59. The number of amides is 1. The van der Waals surface area contributed by atoms with Crippen molar-refractivity contribution in [1.82, 2.24) is 14.9 Å².